The van der Waals surface area contributed by atoms with Gasteiger partial charge in [-0.1, -0.05) is 200 Å². The van der Waals surface area contributed by atoms with Gasteiger partial charge in [0.15, 0.2) is 6.23 Å². The normalized spacial score (nSPS) is 19.6. The van der Waals surface area contributed by atoms with Crippen molar-refractivity contribution in [1.82, 2.24) is 9.55 Å². The van der Waals surface area contributed by atoms with Gasteiger partial charge in [-0.2, -0.15) is 21.1 Å². The third kappa shape index (κ3) is 30.9. The second-order valence-electron chi connectivity index (χ2n) is 18.4. The second-order valence-corrected chi connectivity index (χ2v) is 22.6. The van der Waals surface area contributed by atoms with Crippen molar-refractivity contribution in [2.45, 2.75) is 250 Å². The Labute approximate surface area is 407 Å². The highest BCUT2D eigenvalue weighted by atomic mass is 32.2. The maximum atomic E-state index is 12.9. The van der Waals surface area contributed by atoms with Gasteiger partial charge >= 0.3 is 27.3 Å². The highest BCUT2D eigenvalue weighted by Gasteiger charge is 2.46. The highest BCUT2D eigenvalue weighted by Crippen LogP contribution is 2.60. The van der Waals surface area contributed by atoms with Crippen molar-refractivity contribution in [3.8, 4) is 0 Å². The summed E-state index contributed by atoms with van der Waals surface area (Å²) in [4.78, 5) is 49.4. The number of esters is 1. The van der Waals surface area contributed by atoms with Crippen molar-refractivity contribution >= 4 is 39.2 Å². The number of ether oxygens (including phenoxy) is 2. The number of rotatable bonds is 45. The lowest BCUT2D eigenvalue weighted by molar-refractivity contribution is -0.149. The number of carbonyl (C=O) groups is 1. The molecule has 2 heterocycles. The van der Waals surface area contributed by atoms with Crippen LogP contribution in [-0.2, 0) is 36.8 Å². The molecule has 67 heavy (non-hydrogen) atoms. The fraction of sp³-hybridized carbons (Fsp3) is 0.896. The predicted octanol–water partition coefficient (Wildman–Crippen LogP) is 11.9. The number of aliphatic hydroxyl groups excluding tert-OH is 2. The van der Waals surface area contributed by atoms with E-state index in [0.29, 0.717) is 6.42 Å². The average Bonchev–Trinajstić information content (AvgIpc) is 3.56. The van der Waals surface area contributed by atoms with Gasteiger partial charge in [-0.3, -0.25) is 18.4 Å². The Morgan fingerprint density at radius 3 is 1.60 bits per heavy atom. The molecule has 0 amide bonds. The molecule has 1 saturated heterocycles. The quantitative estimate of drug-likeness (QED) is 0.0232. The van der Waals surface area contributed by atoms with Crippen molar-refractivity contribution in [3.63, 3.8) is 0 Å². The van der Waals surface area contributed by atoms with E-state index in [1.54, 1.807) is 0 Å². The van der Waals surface area contributed by atoms with E-state index >= 15 is 0 Å². The molecule has 1 aliphatic rings. The molecule has 1 fully saturated rings. The molecule has 2 rings (SSSR count). The molecule has 0 spiro atoms. The SMILES string of the molecule is CCCCCCCCCCCCCCCCCCSC[C@H](COP(=O)(O)OP(=O)(O)OC[C@H]1O[C@@H](n2ccc(N)nc2=O)[C@@H](O)[C@@H]1O)OC(=O)CCCCCCCCCCCCCCCCC. The van der Waals surface area contributed by atoms with Gasteiger partial charge in [0.05, 0.1) is 13.2 Å². The molecule has 6 N–H and O–H groups in total. The number of nitrogens with zero attached hydrogens (tertiary/aromatic N) is 2. The molecular formula is C48H91N3O13P2S. The Bertz CT molecular complexity index is 1560. The zero-order valence-corrected chi connectivity index (χ0v) is 43.8. The highest BCUT2D eigenvalue weighted by molar-refractivity contribution is 7.99. The first-order chi connectivity index (χ1) is 32.3. The summed E-state index contributed by atoms with van der Waals surface area (Å²) in [5.41, 5.74) is 4.63. The number of nitrogens with two attached hydrogens (primary N) is 1. The van der Waals surface area contributed by atoms with Crippen LogP contribution in [0.15, 0.2) is 17.1 Å². The van der Waals surface area contributed by atoms with Gasteiger partial charge in [-0.25, -0.2) is 13.9 Å². The van der Waals surface area contributed by atoms with Crippen LogP contribution in [0.3, 0.4) is 0 Å². The van der Waals surface area contributed by atoms with E-state index in [0.717, 1.165) is 48.8 Å². The van der Waals surface area contributed by atoms with E-state index in [2.05, 4.69) is 23.1 Å². The van der Waals surface area contributed by atoms with Gasteiger partial charge in [0.1, 0.15) is 30.2 Å². The standard InChI is InChI=1S/C48H91N3O13P2S/c1-3-5-7-9-11-13-15-17-19-21-23-25-27-29-31-33-37-67-40-41(62-44(52)34-32-30-28-26-24-22-20-18-16-14-12-10-8-6-4-2)38-60-65(56,57)64-66(58,59)61-39-42-45(53)46(54)47(63-42)51-36-35-43(49)50-48(51)55/h35-36,41-42,45-47,53-54H,3-34,37-40H2,1-2H3,(H,56,57)(H,58,59)(H2,49,50,55)/t41-,42+,45+,46-,47+/m0/s1. The van der Waals surface area contributed by atoms with Gasteiger partial charge in [-0.15, -0.1) is 0 Å². The van der Waals surface area contributed by atoms with Crippen molar-refractivity contribution in [3.05, 3.63) is 22.7 Å². The molecule has 7 atom stereocenters. The first-order valence-electron chi connectivity index (χ1n) is 26.1. The molecule has 0 bridgehead atoms. The van der Waals surface area contributed by atoms with Crippen molar-refractivity contribution in [2.24, 2.45) is 0 Å². The predicted molar refractivity (Wildman–Crippen MR) is 268 cm³/mol. The molecule has 392 valence electrons. The van der Waals surface area contributed by atoms with E-state index < -0.39 is 71.2 Å². The number of aliphatic hydroxyl groups is 2. The first-order valence-corrected chi connectivity index (χ1v) is 30.2. The molecule has 1 aromatic rings. The minimum Gasteiger partial charge on any atom is -0.459 e. The van der Waals surface area contributed by atoms with Crippen LogP contribution in [0, 0.1) is 0 Å². The molecule has 2 unspecified atom stereocenters. The summed E-state index contributed by atoms with van der Waals surface area (Å²) < 4.78 is 52.1. The van der Waals surface area contributed by atoms with Gasteiger partial charge in [0, 0.05) is 18.4 Å². The number of nitrogen functional groups attached to an aromatic ring is 1. The number of phosphoric acid groups is 2. The Hall–Kier alpha value is -1.36. The van der Waals surface area contributed by atoms with E-state index in [9.17, 15) is 38.7 Å². The van der Waals surface area contributed by atoms with E-state index in [1.807, 2.05) is 0 Å². The smallest absolute Gasteiger partial charge is 0.459 e. The summed E-state index contributed by atoms with van der Waals surface area (Å²) in [7, 11) is -10.6. The zero-order chi connectivity index (χ0) is 49.0. The monoisotopic (exact) mass is 1010 g/mol. The summed E-state index contributed by atoms with van der Waals surface area (Å²) in [5.74, 6) is 0.548. The Kier molecular flexibility index (Phi) is 35.3. The van der Waals surface area contributed by atoms with Crippen molar-refractivity contribution in [1.29, 1.82) is 0 Å². The maximum Gasteiger partial charge on any atom is 0.481 e. The zero-order valence-electron chi connectivity index (χ0n) is 41.2. The topological polar surface area (TPSA) is 239 Å². The van der Waals surface area contributed by atoms with E-state index in [1.165, 1.54) is 178 Å². The van der Waals surface area contributed by atoms with Crippen LogP contribution in [0.1, 0.15) is 226 Å². The number of hydrogen-bond donors (Lipinski definition) is 5. The average molecular weight is 1010 g/mol. The number of aromatic nitrogens is 2. The molecular weight excluding hydrogens is 921 g/mol. The number of hydrogen-bond acceptors (Lipinski definition) is 14. The van der Waals surface area contributed by atoms with Crippen LogP contribution in [0.4, 0.5) is 5.82 Å². The summed E-state index contributed by atoms with van der Waals surface area (Å²) in [6.07, 6.45) is 32.8. The van der Waals surface area contributed by atoms with Crippen LogP contribution < -0.4 is 11.4 Å². The lowest BCUT2D eigenvalue weighted by Gasteiger charge is -2.21. The van der Waals surface area contributed by atoms with Crippen LogP contribution in [-0.4, -0.2) is 84.7 Å². The number of unbranched alkanes of at least 4 members (excludes halogenated alkanes) is 29. The van der Waals surface area contributed by atoms with Crippen molar-refractivity contribution in [2.75, 3.05) is 30.5 Å². The molecule has 19 heteroatoms. The number of anilines is 1. The van der Waals surface area contributed by atoms with Gasteiger partial charge in [-0.05, 0) is 24.7 Å². The number of thioether (sulfide) groups is 1. The Morgan fingerprint density at radius 1 is 0.701 bits per heavy atom. The third-order valence-corrected chi connectivity index (χ3v) is 16.0. The first kappa shape index (κ1) is 61.8. The third-order valence-electron chi connectivity index (χ3n) is 12.2. The number of carbonyl (C=O) groups excluding carboxylic acids is 1. The minimum absolute atomic E-state index is 0.0765. The molecule has 0 saturated carbocycles. The van der Waals surface area contributed by atoms with Crippen molar-refractivity contribution < 1.29 is 56.8 Å². The van der Waals surface area contributed by atoms with Gasteiger partial charge < -0.3 is 35.2 Å². The molecule has 0 aromatic carbocycles. The lowest BCUT2D eigenvalue weighted by atomic mass is 10.0. The Balaban J connectivity index is 1.74. The molecule has 0 aliphatic carbocycles. The van der Waals surface area contributed by atoms with Gasteiger partial charge in [0.25, 0.3) is 0 Å². The Morgan fingerprint density at radius 2 is 1.13 bits per heavy atom. The second kappa shape index (κ2) is 38.3. The summed E-state index contributed by atoms with van der Waals surface area (Å²) in [6.45, 7) is 3.04. The van der Waals surface area contributed by atoms with Gasteiger partial charge in [0.2, 0.25) is 0 Å². The van der Waals surface area contributed by atoms with E-state index in [-0.39, 0.29) is 18.0 Å². The fourth-order valence-corrected chi connectivity index (χ4v) is 11.3. The molecule has 1 aliphatic heterocycles. The summed E-state index contributed by atoms with van der Waals surface area (Å²) in [6, 6.07) is 1.27. The largest absolute Gasteiger partial charge is 0.481 e. The lowest BCUT2D eigenvalue weighted by Crippen LogP contribution is -2.36. The number of phosphoric ester groups is 2. The minimum atomic E-state index is -5.33. The van der Waals surface area contributed by atoms with E-state index in [4.69, 9.17) is 24.3 Å². The molecule has 0 radical (unpaired) electrons. The summed E-state index contributed by atoms with van der Waals surface area (Å²) in [5, 5.41) is 20.9. The van der Waals surface area contributed by atoms with Crippen LogP contribution in [0.5, 0.6) is 0 Å². The molecule has 1 aromatic heterocycles. The molecule has 16 nitrogen and oxygen atoms in total. The van der Waals surface area contributed by atoms with Crippen LogP contribution in [0.2, 0.25) is 0 Å². The van der Waals surface area contributed by atoms with Crippen LogP contribution >= 0.6 is 27.4 Å². The van der Waals surface area contributed by atoms with Crippen LogP contribution in [0.25, 0.3) is 0 Å². The summed E-state index contributed by atoms with van der Waals surface area (Å²) >= 11 is 1.54. The maximum absolute atomic E-state index is 12.9. The fourth-order valence-electron chi connectivity index (χ4n) is 8.21.